The third-order valence-corrected chi connectivity index (χ3v) is 9.92. The molecule has 2 unspecified atom stereocenters. The molecular formula is C30H46N2O6. The molecule has 4 fully saturated rings. The molecule has 3 saturated heterocycles. The quantitative estimate of drug-likeness (QED) is 0.306. The average molecular weight is 531 g/mol. The van der Waals surface area contributed by atoms with E-state index in [9.17, 15) is 19.5 Å². The van der Waals surface area contributed by atoms with Crippen molar-refractivity contribution in [3.05, 3.63) is 25.3 Å². The lowest BCUT2D eigenvalue weighted by Crippen LogP contribution is -2.61. The number of ether oxygens (including phenoxy) is 2. The average Bonchev–Trinajstić information content (AvgIpc) is 3.54. The van der Waals surface area contributed by atoms with Gasteiger partial charge in [0.25, 0.3) is 0 Å². The summed E-state index contributed by atoms with van der Waals surface area (Å²) in [5.41, 5.74) is -1.97. The second-order valence-electron chi connectivity index (χ2n) is 11.7. The minimum absolute atomic E-state index is 0.0412. The van der Waals surface area contributed by atoms with E-state index in [2.05, 4.69) is 13.2 Å². The minimum atomic E-state index is -1.13. The van der Waals surface area contributed by atoms with Gasteiger partial charge in [0.15, 0.2) is 0 Å². The first-order valence-electron chi connectivity index (χ1n) is 14.6. The third-order valence-electron chi connectivity index (χ3n) is 9.92. The lowest BCUT2D eigenvalue weighted by atomic mass is 9.65. The second kappa shape index (κ2) is 11.5. The fraction of sp³-hybridized carbons (Fsp3) is 0.767. The van der Waals surface area contributed by atoms with E-state index in [0.29, 0.717) is 25.8 Å². The van der Waals surface area contributed by atoms with Crippen LogP contribution in [0.1, 0.15) is 78.6 Å². The van der Waals surface area contributed by atoms with E-state index >= 15 is 0 Å². The summed E-state index contributed by atoms with van der Waals surface area (Å²) in [4.78, 5) is 46.1. The van der Waals surface area contributed by atoms with Crippen molar-refractivity contribution >= 4 is 17.8 Å². The van der Waals surface area contributed by atoms with Crippen molar-refractivity contribution in [2.45, 2.75) is 108 Å². The number of aliphatic hydroxyl groups excluding tert-OH is 1. The number of rotatable bonds is 12. The Bertz CT molecular complexity index is 932. The molecule has 2 bridgehead atoms. The molecule has 0 aromatic heterocycles. The van der Waals surface area contributed by atoms with E-state index in [1.807, 2.05) is 25.7 Å². The fourth-order valence-electron chi connectivity index (χ4n) is 7.80. The highest BCUT2D eigenvalue weighted by Crippen LogP contribution is 2.65. The molecular weight excluding hydrogens is 484 g/mol. The van der Waals surface area contributed by atoms with Crippen molar-refractivity contribution in [1.29, 1.82) is 0 Å². The molecule has 1 saturated carbocycles. The molecule has 1 spiro atoms. The summed E-state index contributed by atoms with van der Waals surface area (Å²) in [6.45, 7) is 13.7. The zero-order valence-corrected chi connectivity index (χ0v) is 23.4. The van der Waals surface area contributed by atoms with Crippen LogP contribution >= 0.6 is 0 Å². The molecule has 3 aliphatic heterocycles. The third kappa shape index (κ3) is 4.41. The van der Waals surface area contributed by atoms with Crippen molar-refractivity contribution in [1.82, 2.24) is 9.80 Å². The topological polar surface area (TPSA) is 96.4 Å². The van der Waals surface area contributed by atoms with Crippen LogP contribution in [-0.4, -0.2) is 81.8 Å². The monoisotopic (exact) mass is 530 g/mol. The van der Waals surface area contributed by atoms with Gasteiger partial charge in [0.1, 0.15) is 24.2 Å². The Hall–Kier alpha value is -2.19. The van der Waals surface area contributed by atoms with Gasteiger partial charge in [-0.25, -0.2) is 0 Å². The van der Waals surface area contributed by atoms with Crippen LogP contribution < -0.4 is 0 Å². The lowest BCUT2D eigenvalue weighted by molar-refractivity contribution is -0.164. The Morgan fingerprint density at radius 1 is 1.21 bits per heavy atom. The Labute approximate surface area is 227 Å². The van der Waals surface area contributed by atoms with Gasteiger partial charge in [-0.2, -0.15) is 0 Å². The van der Waals surface area contributed by atoms with Crippen LogP contribution in [0.15, 0.2) is 25.3 Å². The molecule has 4 rings (SSSR count). The summed E-state index contributed by atoms with van der Waals surface area (Å²) in [6, 6.07) is -1.38. The number of likely N-dealkylation sites (tertiary alicyclic amines) is 1. The maximum atomic E-state index is 14.7. The molecule has 0 aromatic carbocycles. The van der Waals surface area contributed by atoms with Gasteiger partial charge in [0.05, 0.1) is 24.2 Å². The molecule has 2 amide bonds. The van der Waals surface area contributed by atoms with Crippen LogP contribution in [0.5, 0.6) is 0 Å². The first-order chi connectivity index (χ1) is 18.3. The number of amides is 2. The van der Waals surface area contributed by atoms with Crippen molar-refractivity contribution in [2.75, 3.05) is 19.8 Å². The highest BCUT2D eigenvalue weighted by atomic mass is 16.6. The minimum Gasteiger partial charge on any atom is -0.461 e. The van der Waals surface area contributed by atoms with Gasteiger partial charge in [0.2, 0.25) is 11.8 Å². The number of hydrogen-bond donors (Lipinski definition) is 1. The predicted octanol–water partition coefficient (Wildman–Crippen LogP) is 3.62. The van der Waals surface area contributed by atoms with Crippen LogP contribution in [0.2, 0.25) is 0 Å². The van der Waals surface area contributed by atoms with Crippen molar-refractivity contribution < 1.29 is 29.0 Å². The largest absolute Gasteiger partial charge is 0.461 e. The Morgan fingerprint density at radius 2 is 1.92 bits per heavy atom. The van der Waals surface area contributed by atoms with E-state index in [-0.39, 0.29) is 37.0 Å². The van der Waals surface area contributed by atoms with Crippen LogP contribution in [0.3, 0.4) is 0 Å². The standard InChI is InChI=1S/C30H46N2O6/c1-6-17-31(21-13-11-10-12-14-21)27(35)25-30-16-15-29(9-4,38-30)24(28(36)37-18-7-2)23(30)26(34)32(25)22(19-33)20(5)8-3/h6-7,20-25,33H,1-2,8-19H2,3-5H3/t20-,22-,23-,24-,25?,29+,30?/m0/s1. The summed E-state index contributed by atoms with van der Waals surface area (Å²) in [6.07, 6.45) is 10.7. The number of fused-ring (bicyclic) bond motifs is 1. The highest BCUT2D eigenvalue weighted by Gasteiger charge is 2.79. The molecule has 3 heterocycles. The summed E-state index contributed by atoms with van der Waals surface area (Å²) >= 11 is 0. The molecule has 4 aliphatic rings. The summed E-state index contributed by atoms with van der Waals surface area (Å²) < 4.78 is 12.4. The molecule has 1 N–H and O–H groups in total. The Kier molecular flexibility index (Phi) is 8.72. The predicted molar refractivity (Wildman–Crippen MR) is 144 cm³/mol. The molecule has 0 aromatic rings. The van der Waals surface area contributed by atoms with Crippen molar-refractivity contribution in [3.63, 3.8) is 0 Å². The SMILES string of the molecule is C=CCOC(=O)[C@@H]1[C@H]2C(=O)N([C@@H](CO)[C@@H](C)CC)C(C(=O)N(CC=C)C3CCCCC3)C23CC[C@@]1(CC)O3. The molecule has 0 radical (unpaired) electrons. The first-order valence-corrected chi connectivity index (χ1v) is 14.6. The van der Waals surface area contributed by atoms with Gasteiger partial charge in [-0.15, -0.1) is 6.58 Å². The van der Waals surface area contributed by atoms with E-state index in [1.54, 1.807) is 11.0 Å². The van der Waals surface area contributed by atoms with E-state index < -0.39 is 41.1 Å². The number of carbonyl (C=O) groups excluding carboxylic acids is 3. The number of esters is 1. The normalized spacial score (nSPS) is 34.1. The number of carbonyl (C=O) groups is 3. The van der Waals surface area contributed by atoms with Gasteiger partial charge >= 0.3 is 5.97 Å². The molecule has 38 heavy (non-hydrogen) atoms. The molecule has 8 heteroatoms. The maximum absolute atomic E-state index is 14.7. The molecule has 1 aliphatic carbocycles. The van der Waals surface area contributed by atoms with Crippen LogP contribution in [0, 0.1) is 17.8 Å². The van der Waals surface area contributed by atoms with Crippen LogP contribution in [0.4, 0.5) is 0 Å². The molecule has 8 nitrogen and oxygen atoms in total. The maximum Gasteiger partial charge on any atom is 0.313 e. The van der Waals surface area contributed by atoms with Gasteiger partial charge in [-0.3, -0.25) is 14.4 Å². The Balaban J connectivity index is 1.83. The molecule has 7 atom stereocenters. The summed E-state index contributed by atoms with van der Waals surface area (Å²) in [7, 11) is 0. The van der Waals surface area contributed by atoms with Crippen LogP contribution in [0.25, 0.3) is 0 Å². The summed E-state index contributed by atoms with van der Waals surface area (Å²) in [5, 5.41) is 10.5. The van der Waals surface area contributed by atoms with Gasteiger partial charge in [0, 0.05) is 12.6 Å². The smallest absolute Gasteiger partial charge is 0.313 e. The zero-order chi connectivity index (χ0) is 27.7. The first kappa shape index (κ1) is 28.8. The van der Waals surface area contributed by atoms with Crippen molar-refractivity contribution in [3.8, 4) is 0 Å². The molecule has 212 valence electrons. The number of nitrogens with zero attached hydrogens (tertiary/aromatic N) is 2. The van der Waals surface area contributed by atoms with Crippen LogP contribution in [-0.2, 0) is 23.9 Å². The van der Waals surface area contributed by atoms with Gasteiger partial charge < -0.3 is 24.4 Å². The van der Waals surface area contributed by atoms with E-state index in [1.165, 1.54) is 6.08 Å². The zero-order valence-electron chi connectivity index (χ0n) is 23.4. The lowest BCUT2D eigenvalue weighted by Gasteiger charge is -2.43. The Morgan fingerprint density at radius 3 is 2.50 bits per heavy atom. The number of aliphatic hydroxyl groups is 1. The van der Waals surface area contributed by atoms with Crippen molar-refractivity contribution in [2.24, 2.45) is 17.8 Å². The number of hydrogen-bond acceptors (Lipinski definition) is 6. The van der Waals surface area contributed by atoms with Gasteiger partial charge in [-0.1, -0.05) is 65.2 Å². The van der Waals surface area contributed by atoms with E-state index in [4.69, 9.17) is 9.47 Å². The fourth-order valence-corrected chi connectivity index (χ4v) is 7.80. The summed E-state index contributed by atoms with van der Waals surface area (Å²) in [5.74, 6) is -2.56. The van der Waals surface area contributed by atoms with E-state index in [0.717, 1.165) is 38.5 Å². The second-order valence-corrected chi connectivity index (χ2v) is 11.7. The highest BCUT2D eigenvalue weighted by molar-refractivity contribution is 5.99. The van der Waals surface area contributed by atoms with Gasteiger partial charge in [-0.05, 0) is 38.0 Å².